The zero-order chi connectivity index (χ0) is 38.1. The number of allylic oxidation sites excluding steroid dienone is 1. The summed E-state index contributed by atoms with van der Waals surface area (Å²) in [6.07, 6.45) is 8.38. The number of fused-ring (bicyclic) bond motifs is 6. The number of benzene rings is 8. The smallest absolute Gasteiger partial charge is 0.0723 e. The van der Waals surface area contributed by atoms with Gasteiger partial charge in [0.2, 0.25) is 0 Å². The molecule has 0 amide bonds. The van der Waals surface area contributed by atoms with Gasteiger partial charge in [-0.1, -0.05) is 176 Å². The molecule has 9 aromatic rings. The first kappa shape index (κ1) is 34.0. The summed E-state index contributed by atoms with van der Waals surface area (Å²) < 4.78 is 0. The number of pyridine rings is 1. The molecule has 0 aliphatic heterocycles. The van der Waals surface area contributed by atoms with Gasteiger partial charge in [0.15, 0.2) is 0 Å². The minimum atomic E-state index is 0.404. The van der Waals surface area contributed by atoms with Gasteiger partial charge in [-0.25, -0.2) is 0 Å². The first-order chi connectivity index (χ1) is 28.2. The summed E-state index contributed by atoms with van der Waals surface area (Å²) >= 11 is 0. The van der Waals surface area contributed by atoms with Crippen molar-refractivity contribution in [3.8, 4) is 44.5 Å². The van der Waals surface area contributed by atoms with Crippen LogP contribution in [0.5, 0.6) is 0 Å². The Labute approximate surface area is 332 Å². The maximum Gasteiger partial charge on any atom is 0.0723 e. The van der Waals surface area contributed by atoms with Gasteiger partial charge in [0.25, 0.3) is 0 Å². The van der Waals surface area contributed by atoms with Crippen molar-refractivity contribution in [2.75, 3.05) is 0 Å². The minimum absolute atomic E-state index is 0.404. The van der Waals surface area contributed by atoms with E-state index in [9.17, 15) is 0 Å². The highest BCUT2D eigenvalue weighted by Gasteiger charge is 2.23. The summed E-state index contributed by atoms with van der Waals surface area (Å²) in [5, 5.41) is 13.9. The SMILES string of the molecule is N=C(/C=C(\N=Cc1ccc(-c2ccc(-c3cccc4c3Cc3c-4ccc4ccccc34)cc2)c2ccccc12)c1ccc(-c2cccnc2)cc1)c1ccccc1. The Hall–Kier alpha value is -7.49. The molecule has 268 valence electrons. The Kier molecular flexibility index (Phi) is 8.74. The Bertz CT molecular complexity index is 3010. The second kappa shape index (κ2) is 14.6. The fourth-order valence-electron chi connectivity index (χ4n) is 8.31. The molecule has 1 aromatic heterocycles. The molecule has 0 spiro atoms. The molecule has 1 aliphatic rings. The number of aromatic nitrogens is 1. The van der Waals surface area contributed by atoms with Crippen LogP contribution in [0.1, 0.15) is 27.8 Å². The fourth-order valence-corrected chi connectivity index (χ4v) is 8.31. The van der Waals surface area contributed by atoms with E-state index in [2.05, 4.69) is 151 Å². The van der Waals surface area contributed by atoms with E-state index >= 15 is 0 Å². The van der Waals surface area contributed by atoms with Crippen LogP contribution < -0.4 is 0 Å². The summed E-state index contributed by atoms with van der Waals surface area (Å²) in [6, 6.07) is 64.1. The molecule has 1 aliphatic carbocycles. The fraction of sp³-hybridized carbons (Fsp3) is 0.0185. The number of aliphatic imine (C=N–C) groups is 1. The lowest BCUT2D eigenvalue weighted by Gasteiger charge is -2.12. The van der Waals surface area contributed by atoms with Crippen molar-refractivity contribution in [3.63, 3.8) is 0 Å². The summed E-state index contributed by atoms with van der Waals surface area (Å²) in [4.78, 5) is 9.36. The quantitative estimate of drug-likeness (QED) is 0.156. The highest BCUT2D eigenvalue weighted by molar-refractivity contribution is 6.12. The molecular formula is C54H37N3. The van der Waals surface area contributed by atoms with Crippen LogP contribution in [0.15, 0.2) is 205 Å². The van der Waals surface area contributed by atoms with Crippen molar-refractivity contribution < 1.29 is 0 Å². The van der Waals surface area contributed by atoms with Crippen molar-refractivity contribution in [1.29, 1.82) is 5.41 Å². The minimum Gasteiger partial charge on any atom is -0.300 e. The summed E-state index contributed by atoms with van der Waals surface area (Å²) in [5.41, 5.74) is 16.5. The number of hydrogen-bond acceptors (Lipinski definition) is 3. The van der Waals surface area contributed by atoms with E-state index in [4.69, 9.17) is 10.4 Å². The number of hydrogen-bond donors (Lipinski definition) is 1. The second-order valence-corrected chi connectivity index (χ2v) is 14.5. The molecule has 0 unspecified atom stereocenters. The van der Waals surface area contributed by atoms with E-state index < -0.39 is 0 Å². The van der Waals surface area contributed by atoms with E-state index in [1.807, 2.05) is 54.9 Å². The van der Waals surface area contributed by atoms with Crippen molar-refractivity contribution in [2.24, 2.45) is 4.99 Å². The molecule has 0 bridgehead atoms. The predicted molar refractivity (Wildman–Crippen MR) is 239 cm³/mol. The lowest BCUT2D eigenvalue weighted by atomic mass is 9.92. The van der Waals surface area contributed by atoms with Gasteiger partial charge < -0.3 is 5.41 Å². The summed E-state index contributed by atoms with van der Waals surface area (Å²) in [7, 11) is 0. The Morgan fingerprint density at radius 1 is 0.474 bits per heavy atom. The van der Waals surface area contributed by atoms with Crippen molar-refractivity contribution in [2.45, 2.75) is 6.42 Å². The number of nitrogens with zero attached hydrogens (tertiary/aromatic N) is 2. The van der Waals surface area contributed by atoms with E-state index in [0.717, 1.165) is 39.6 Å². The van der Waals surface area contributed by atoms with Gasteiger partial charge in [-0.15, -0.1) is 0 Å². The molecular weight excluding hydrogens is 691 g/mol. The molecule has 0 fully saturated rings. The van der Waals surface area contributed by atoms with Gasteiger partial charge in [-0.3, -0.25) is 9.98 Å². The molecule has 0 saturated heterocycles. The largest absolute Gasteiger partial charge is 0.300 e. The monoisotopic (exact) mass is 727 g/mol. The molecule has 3 nitrogen and oxygen atoms in total. The molecule has 1 heterocycles. The molecule has 1 N–H and O–H groups in total. The topological polar surface area (TPSA) is 49.1 Å². The van der Waals surface area contributed by atoms with Gasteiger partial charge in [-0.2, -0.15) is 0 Å². The second-order valence-electron chi connectivity index (χ2n) is 14.5. The van der Waals surface area contributed by atoms with Crippen molar-refractivity contribution in [1.82, 2.24) is 4.98 Å². The summed E-state index contributed by atoms with van der Waals surface area (Å²) in [6.45, 7) is 0. The van der Waals surface area contributed by atoms with E-state index in [1.165, 1.54) is 60.7 Å². The Morgan fingerprint density at radius 2 is 1.14 bits per heavy atom. The predicted octanol–water partition coefficient (Wildman–Crippen LogP) is 13.5. The molecule has 0 radical (unpaired) electrons. The van der Waals surface area contributed by atoms with Gasteiger partial charge in [-0.05, 0) is 101 Å². The van der Waals surface area contributed by atoms with Crippen LogP contribution in [0.3, 0.4) is 0 Å². The first-order valence-corrected chi connectivity index (χ1v) is 19.3. The third-order valence-electron chi connectivity index (χ3n) is 11.2. The molecule has 0 saturated carbocycles. The van der Waals surface area contributed by atoms with Crippen LogP contribution in [0.25, 0.3) is 71.7 Å². The average molecular weight is 728 g/mol. The third kappa shape index (κ3) is 6.45. The zero-order valence-corrected chi connectivity index (χ0v) is 31.2. The van der Waals surface area contributed by atoms with Crippen LogP contribution in [0, 0.1) is 5.41 Å². The van der Waals surface area contributed by atoms with Crippen LogP contribution in [-0.2, 0) is 6.42 Å². The van der Waals surface area contributed by atoms with Gasteiger partial charge in [0.1, 0.15) is 0 Å². The highest BCUT2D eigenvalue weighted by Crippen LogP contribution is 2.44. The molecule has 0 atom stereocenters. The van der Waals surface area contributed by atoms with Crippen LogP contribution in [0.2, 0.25) is 0 Å². The van der Waals surface area contributed by atoms with Gasteiger partial charge in [0.05, 0.1) is 11.4 Å². The maximum atomic E-state index is 8.93. The van der Waals surface area contributed by atoms with Gasteiger partial charge in [0, 0.05) is 29.7 Å². The normalized spacial score (nSPS) is 12.2. The lowest BCUT2D eigenvalue weighted by Crippen LogP contribution is -1.96. The summed E-state index contributed by atoms with van der Waals surface area (Å²) in [5.74, 6) is 0. The highest BCUT2D eigenvalue weighted by atomic mass is 14.7. The first-order valence-electron chi connectivity index (χ1n) is 19.3. The van der Waals surface area contributed by atoms with Crippen LogP contribution >= 0.6 is 0 Å². The molecule has 8 aromatic carbocycles. The van der Waals surface area contributed by atoms with Crippen LogP contribution in [-0.4, -0.2) is 16.9 Å². The lowest BCUT2D eigenvalue weighted by molar-refractivity contribution is 1.28. The molecule has 57 heavy (non-hydrogen) atoms. The number of nitrogens with one attached hydrogen (secondary N) is 1. The Morgan fingerprint density at radius 3 is 1.93 bits per heavy atom. The van der Waals surface area contributed by atoms with Crippen LogP contribution in [0.4, 0.5) is 0 Å². The maximum absolute atomic E-state index is 8.93. The van der Waals surface area contributed by atoms with E-state index in [0.29, 0.717) is 11.4 Å². The van der Waals surface area contributed by atoms with Crippen molar-refractivity contribution in [3.05, 3.63) is 228 Å². The van der Waals surface area contributed by atoms with Gasteiger partial charge >= 0.3 is 0 Å². The zero-order valence-electron chi connectivity index (χ0n) is 31.2. The average Bonchev–Trinajstić information content (AvgIpc) is 3.68. The molecule has 3 heteroatoms. The third-order valence-corrected chi connectivity index (χ3v) is 11.2. The molecule has 10 rings (SSSR count). The van der Waals surface area contributed by atoms with E-state index in [1.54, 1.807) is 6.20 Å². The van der Waals surface area contributed by atoms with E-state index in [-0.39, 0.29) is 0 Å². The van der Waals surface area contributed by atoms with Crippen molar-refractivity contribution >= 4 is 39.2 Å². The number of rotatable bonds is 8. The Balaban J connectivity index is 0.973. The standard InChI is InChI=1S/C54H37N3/c55-53(40-11-2-1-3-12-40)33-54(41-25-19-36(20-26-41)42-13-9-31-56-34-42)57-35-43-28-29-47(48-16-7-6-15-46(43)48)39-23-21-38(22-24-39)45-17-8-18-49-50-30-27-37-10-4-5-14-44(37)52(50)32-51(45)49/h1-31,33-35,55H,32H2/b54-33-,55-53?,57-35?.